The van der Waals surface area contributed by atoms with Crippen LogP contribution in [0, 0.1) is 6.92 Å². The molecule has 1 saturated carbocycles. The predicted molar refractivity (Wildman–Crippen MR) is 116 cm³/mol. The van der Waals surface area contributed by atoms with Crippen LogP contribution in [0.3, 0.4) is 0 Å². The molecule has 154 valence electrons. The van der Waals surface area contributed by atoms with Crippen molar-refractivity contribution in [2.45, 2.75) is 45.1 Å². The molecule has 0 saturated heterocycles. The maximum absolute atomic E-state index is 12.7. The van der Waals surface area contributed by atoms with Gasteiger partial charge in [0, 0.05) is 17.2 Å². The van der Waals surface area contributed by atoms with E-state index in [1.54, 1.807) is 49.4 Å². The highest BCUT2D eigenvalue weighted by atomic mass is 16.3. The lowest BCUT2D eigenvalue weighted by molar-refractivity contribution is 0.0927. The molecule has 4 rings (SSSR count). The Balaban J connectivity index is 1.63. The van der Waals surface area contributed by atoms with Gasteiger partial charge >= 0.3 is 5.69 Å². The van der Waals surface area contributed by atoms with Crippen molar-refractivity contribution in [3.05, 3.63) is 70.1 Å². The number of aromatic amines is 1. The Hall–Kier alpha value is -3.41. The zero-order chi connectivity index (χ0) is 21.1. The second-order valence-corrected chi connectivity index (χ2v) is 7.88. The van der Waals surface area contributed by atoms with E-state index in [0.717, 1.165) is 31.2 Å². The number of benzene rings is 2. The maximum Gasteiger partial charge on any atom is 0.345 e. The van der Waals surface area contributed by atoms with Gasteiger partial charge < -0.3 is 15.4 Å². The average molecular weight is 403 g/mol. The Labute approximate surface area is 175 Å². The van der Waals surface area contributed by atoms with E-state index in [1.807, 2.05) is 6.07 Å². The number of rotatable bonds is 4. The number of carbonyl (C=O) groups is 1. The van der Waals surface area contributed by atoms with E-state index >= 15 is 0 Å². The summed E-state index contributed by atoms with van der Waals surface area (Å²) in [4.78, 5) is 31.7. The molecule has 0 unspecified atom stereocenters. The Morgan fingerprint density at radius 3 is 2.63 bits per heavy atom. The third-order valence-electron chi connectivity index (χ3n) is 5.61. The summed E-state index contributed by atoms with van der Waals surface area (Å²) in [5.41, 5.74) is 3.38. The Morgan fingerprint density at radius 2 is 1.87 bits per heavy atom. The lowest BCUT2D eigenvalue weighted by Crippen LogP contribution is -2.36. The van der Waals surface area contributed by atoms with Crippen LogP contribution in [0.5, 0.6) is 5.75 Å². The predicted octanol–water partition coefficient (Wildman–Crippen LogP) is 4.18. The third kappa shape index (κ3) is 4.43. The van der Waals surface area contributed by atoms with E-state index in [4.69, 9.17) is 0 Å². The molecule has 1 amide bonds. The fourth-order valence-corrected chi connectivity index (χ4v) is 3.92. The van der Waals surface area contributed by atoms with Crippen LogP contribution in [0.4, 0.5) is 0 Å². The van der Waals surface area contributed by atoms with Gasteiger partial charge in [-0.3, -0.25) is 4.79 Å². The highest BCUT2D eigenvalue weighted by molar-refractivity contribution is 5.95. The molecule has 0 atom stereocenters. The summed E-state index contributed by atoms with van der Waals surface area (Å²) in [5, 5.41) is 12.9. The van der Waals surface area contributed by atoms with Crippen LogP contribution in [0.25, 0.3) is 22.5 Å². The number of hydrogen-bond donors (Lipinski definition) is 3. The van der Waals surface area contributed by atoms with Crippen LogP contribution in [0.1, 0.15) is 48.0 Å². The number of carbonyl (C=O) groups excluding carboxylic acids is 1. The third-order valence-corrected chi connectivity index (χ3v) is 5.61. The molecule has 3 aromatic rings. The van der Waals surface area contributed by atoms with Gasteiger partial charge in [0.25, 0.3) is 5.91 Å². The van der Waals surface area contributed by atoms with Crippen molar-refractivity contribution in [3.8, 4) is 28.3 Å². The number of nitrogens with one attached hydrogen (secondary N) is 2. The summed E-state index contributed by atoms with van der Waals surface area (Å²) >= 11 is 0. The van der Waals surface area contributed by atoms with E-state index < -0.39 is 5.69 Å². The number of H-pyrrole nitrogens is 1. The molecule has 0 bridgehead atoms. The average Bonchev–Trinajstić information content (AvgIpc) is 2.76. The second kappa shape index (κ2) is 8.53. The Bertz CT molecular complexity index is 1130. The number of aryl methyl sites for hydroxylation is 1. The van der Waals surface area contributed by atoms with E-state index in [0.29, 0.717) is 28.1 Å². The molecule has 1 aromatic heterocycles. The number of phenols is 1. The highest BCUT2D eigenvalue weighted by Gasteiger charge is 2.17. The molecular weight excluding hydrogens is 378 g/mol. The van der Waals surface area contributed by atoms with Crippen molar-refractivity contribution in [2.75, 3.05) is 0 Å². The molecule has 1 fully saturated rings. The lowest BCUT2D eigenvalue weighted by atomic mass is 9.95. The van der Waals surface area contributed by atoms with Crippen molar-refractivity contribution in [1.82, 2.24) is 15.3 Å². The topological polar surface area (TPSA) is 95.1 Å². The molecule has 2 aromatic carbocycles. The SMILES string of the molecule is Cc1cc(-c2cc(-c3cccc(C(=O)NC4CCCCC4)c3)nc(=O)[nH]2)ccc1O. The quantitative estimate of drug-likeness (QED) is 0.609. The van der Waals surface area contributed by atoms with E-state index in [-0.39, 0.29) is 17.7 Å². The Kier molecular flexibility index (Phi) is 5.65. The molecule has 3 N–H and O–H groups in total. The molecule has 1 aliphatic carbocycles. The molecule has 6 nitrogen and oxygen atoms in total. The van der Waals surface area contributed by atoms with Gasteiger partial charge in [-0.2, -0.15) is 4.98 Å². The summed E-state index contributed by atoms with van der Waals surface area (Å²) in [7, 11) is 0. The Morgan fingerprint density at radius 1 is 1.07 bits per heavy atom. The van der Waals surface area contributed by atoms with Crippen molar-refractivity contribution < 1.29 is 9.90 Å². The van der Waals surface area contributed by atoms with Crippen LogP contribution in [0.2, 0.25) is 0 Å². The first-order valence-corrected chi connectivity index (χ1v) is 10.3. The van der Waals surface area contributed by atoms with Crippen LogP contribution in [0.15, 0.2) is 53.3 Å². The van der Waals surface area contributed by atoms with Crippen LogP contribution in [-0.4, -0.2) is 27.0 Å². The normalized spacial score (nSPS) is 14.4. The first kappa shape index (κ1) is 19.9. The molecule has 0 spiro atoms. The smallest absolute Gasteiger partial charge is 0.345 e. The van der Waals surface area contributed by atoms with Gasteiger partial charge in [-0.15, -0.1) is 0 Å². The zero-order valence-electron chi connectivity index (χ0n) is 16.9. The molecular formula is C24H25N3O3. The van der Waals surface area contributed by atoms with Gasteiger partial charge in [0.05, 0.1) is 11.4 Å². The summed E-state index contributed by atoms with van der Waals surface area (Å²) in [6, 6.07) is 14.3. The van der Waals surface area contributed by atoms with E-state index in [2.05, 4.69) is 15.3 Å². The number of hydrogen-bond acceptors (Lipinski definition) is 4. The number of aromatic nitrogens is 2. The van der Waals surface area contributed by atoms with Crippen LogP contribution in [-0.2, 0) is 0 Å². The minimum absolute atomic E-state index is 0.0945. The first-order chi connectivity index (χ1) is 14.5. The van der Waals surface area contributed by atoms with E-state index in [1.165, 1.54) is 6.42 Å². The zero-order valence-corrected chi connectivity index (χ0v) is 16.9. The number of nitrogens with zero attached hydrogens (tertiary/aromatic N) is 1. The van der Waals surface area contributed by atoms with Gasteiger partial charge in [-0.1, -0.05) is 31.4 Å². The van der Waals surface area contributed by atoms with Gasteiger partial charge in [-0.25, -0.2) is 4.79 Å². The summed E-state index contributed by atoms with van der Waals surface area (Å²) < 4.78 is 0. The fourth-order valence-electron chi connectivity index (χ4n) is 3.92. The van der Waals surface area contributed by atoms with Crippen molar-refractivity contribution >= 4 is 5.91 Å². The van der Waals surface area contributed by atoms with Gasteiger partial charge in [-0.05, 0) is 67.3 Å². The lowest BCUT2D eigenvalue weighted by Gasteiger charge is -2.22. The van der Waals surface area contributed by atoms with Crippen molar-refractivity contribution in [1.29, 1.82) is 0 Å². The number of aromatic hydroxyl groups is 1. The van der Waals surface area contributed by atoms with Gasteiger partial charge in [0.2, 0.25) is 0 Å². The maximum atomic E-state index is 12.7. The van der Waals surface area contributed by atoms with Crippen LogP contribution >= 0.6 is 0 Å². The number of phenolic OH excluding ortho intramolecular Hbond substituents is 1. The minimum atomic E-state index is -0.467. The first-order valence-electron chi connectivity index (χ1n) is 10.3. The molecule has 1 aliphatic rings. The summed E-state index contributed by atoms with van der Waals surface area (Å²) in [5.74, 6) is 0.107. The van der Waals surface area contributed by atoms with Crippen molar-refractivity contribution in [2.24, 2.45) is 0 Å². The van der Waals surface area contributed by atoms with Gasteiger partial charge in [0.15, 0.2) is 0 Å². The minimum Gasteiger partial charge on any atom is -0.508 e. The standard InChI is InChI=1S/C24H25N3O3/c1-15-12-17(10-11-22(15)28)21-14-20(26-24(30)27-21)16-6-5-7-18(13-16)23(29)25-19-8-3-2-4-9-19/h5-7,10-14,19,28H,2-4,8-9H2,1H3,(H,25,29)(H,26,27,30). The van der Waals surface area contributed by atoms with Crippen molar-refractivity contribution in [3.63, 3.8) is 0 Å². The monoisotopic (exact) mass is 403 g/mol. The largest absolute Gasteiger partial charge is 0.508 e. The van der Waals surface area contributed by atoms with E-state index in [9.17, 15) is 14.7 Å². The molecule has 30 heavy (non-hydrogen) atoms. The number of amides is 1. The van der Waals surface area contributed by atoms with Gasteiger partial charge in [0.1, 0.15) is 5.75 Å². The molecule has 1 heterocycles. The molecule has 0 radical (unpaired) electrons. The molecule has 6 heteroatoms. The second-order valence-electron chi connectivity index (χ2n) is 7.88. The molecule has 0 aliphatic heterocycles. The van der Waals surface area contributed by atoms with Crippen LogP contribution < -0.4 is 11.0 Å². The fraction of sp³-hybridized carbons (Fsp3) is 0.292. The summed E-state index contributed by atoms with van der Waals surface area (Å²) in [6.45, 7) is 1.80. The highest BCUT2D eigenvalue weighted by Crippen LogP contribution is 2.26. The summed E-state index contributed by atoms with van der Waals surface area (Å²) in [6.07, 6.45) is 5.59.